The molecule has 0 saturated carbocycles. The molecule has 1 N–H and O–H groups in total. The van der Waals surface area contributed by atoms with E-state index in [-0.39, 0.29) is 6.04 Å². The highest BCUT2D eigenvalue weighted by atomic mass is 16.5. The van der Waals surface area contributed by atoms with Crippen molar-refractivity contribution in [3.8, 4) is 11.5 Å². The van der Waals surface area contributed by atoms with Crippen molar-refractivity contribution >= 4 is 0 Å². The Bertz CT molecular complexity index is 523. The molecule has 0 amide bonds. The molecule has 1 atom stereocenters. The van der Waals surface area contributed by atoms with Gasteiger partial charge in [0.25, 0.3) is 0 Å². The Hall–Kier alpha value is -1.94. The molecule has 0 saturated heterocycles. The standard InChI is InChI=1S/C16H21NO3/c1-17-15(9-7-12-5-4-10-20-12)14-8-6-13(18-2)11-16(14)19-3/h4-6,8,10-11,15,17H,7,9H2,1-3H3. The molecule has 4 heteroatoms. The average molecular weight is 275 g/mol. The van der Waals surface area contributed by atoms with Gasteiger partial charge >= 0.3 is 0 Å². The van der Waals surface area contributed by atoms with Crippen LogP contribution in [0.1, 0.15) is 23.8 Å². The van der Waals surface area contributed by atoms with Crippen LogP contribution in [0.3, 0.4) is 0 Å². The molecule has 0 aliphatic carbocycles. The number of furan rings is 1. The normalized spacial score (nSPS) is 12.2. The number of ether oxygens (including phenoxy) is 2. The molecule has 20 heavy (non-hydrogen) atoms. The number of nitrogens with one attached hydrogen (secondary N) is 1. The second kappa shape index (κ2) is 7.01. The molecular formula is C16H21NO3. The summed E-state index contributed by atoms with van der Waals surface area (Å²) in [6, 6.07) is 10.0. The Balaban J connectivity index is 2.13. The van der Waals surface area contributed by atoms with E-state index >= 15 is 0 Å². The fourth-order valence-corrected chi connectivity index (χ4v) is 2.30. The third-order valence-corrected chi connectivity index (χ3v) is 3.42. The molecule has 1 unspecified atom stereocenters. The first-order valence-corrected chi connectivity index (χ1v) is 6.70. The van der Waals surface area contributed by atoms with Gasteiger partial charge in [0.15, 0.2) is 0 Å². The first-order chi connectivity index (χ1) is 9.78. The van der Waals surface area contributed by atoms with E-state index in [1.807, 2.05) is 37.4 Å². The van der Waals surface area contributed by atoms with Gasteiger partial charge in [-0.15, -0.1) is 0 Å². The van der Waals surface area contributed by atoms with Crippen molar-refractivity contribution in [2.24, 2.45) is 0 Å². The van der Waals surface area contributed by atoms with E-state index < -0.39 is 0 Å². The predicted octanol–water partition coefficient (Wildman–Crippen LogP) is 3.19. The summed E-state index contributed by atoms with van der Waals surface area (Å²) in [5.74, 6) is 2.63. The van der Waals surface area contributed by atoms with Crippen LogP contribution in [0.5, 0.6) is 11.5 Å². The minimum atomic E-state index is 0.209. The second-order valence-electron chi connectivity index (χ2n) is 4.57. The van der Waals surface area contributed by atoms with E-state index in [2.05, 4.69) is 5.32 Å². The zero-order valence-corrected chi connectivity index (χ0v) is 12.2. The van der Waals surface area contributed by atoms with E-state index in [0.717, 1.165) is 35.7 Å². The number of hydrogen-bond donors (Lipinski definition) is 1. The molecule has 0 radical (unpaired) electrons. The maximum absolute atomic E-state index is 5.46. The summed E-state index contributed by atoms with van der Waals surface area (Å²) >= 11 is 0. The largest absolute Gasteiger partial charge is 0.497 e. The molecule has 1 aromatic heterocycles. The summed E-state index contributed by atoms with van der Waals surface area (Å²) in [5.41, 5.74) is 1.13. The maximum atomic E-state index is 5.46. The van der Waals surface area contributed by atoms with Crippen LogP contribution in [-0.2, 0) is 6.42 Å². The average Bonchev–Trinajstić information content (AvgIpc) is 3.01. The van der Waals surface area contributed by atoms with Crippen molar-refractivity contribution in [2.45, 2.75) is 18.9 Å². The van der Waals surface area contributed by atoms with E-state index in [1.165, 1.54) is 0 Å². The number of methoxy groups -OCH3 is 2. The highest BCUT2D eigenvalue weighted by Gasteiger charge is 2.15. The smallest absolute Gasteiger partial charge is 0.127 e. The van der Waals surface area contributed by atoms with Crippen molar-refractivity contribution in [1.29, 1.82) is 0 Å². The van der Waals surface area contributed by atoms with Gasteiger partial charge in [0.1, 0.15) is 17.3 Å². The minimum absolute atomic E-state index is 0.209. The highest BCUT2D eigenvalue weighted by Crippen LogP contribution is 2.31. The molecule has 0 bridgehead atoms. The van der Waals surface area contributed by atoms with Crippen LogP contribution in [0.4, 0.5) is 0 Å². The van der Waals surface area contributed by atoms with Crippen LogP contribution in [0.25, 0.3) is 0 Å². The number of hydrogen-bond acceptors (Lipinski definition) is 4. The molecule has 108 valence electrons. The van der Waals surface area contributed by atoms with Crippen LogP contribution in [-0.4, -0.2) is 21.3 Å². The van der Waals surface area contributed by atoms with Crippen LogP contribution in [0.2, 0.25) is 0 Å². The van der Waals surface area contributed by atoms with Gasteiger partial charge in [0, 0.05) is 24.1 Å². The third kappa shape index (κ3) is 3.33. The summed E-state index contributed by atoms with van der Waals surface area (Å²) in [7, 11) is 5.29. The third-order valence-electron chi connectivity index (χ3n) is 3.42. The summed E-state index contributed by atoms with van der Waals surface area (Å²) in [4.78, 5) is 0. The van der Waals surface area contributed by atoms with Gasteiger partial charge in [-0.1, -0.05) is 6.07 Å². The fraction of sp³-hybridized carbons (Fsp3) is 0.375. The van der Waals surface area contributed by atoms with Crippen LogP contribution < -0.4 is 14.8 Å². The molecular weight excluding hydrogens is 254 g/mol. The van der Waals surface area contributed by atoms with Crippen LogP contribution >= 0.6 is 0 Å². The minimum Gasteiger partial charge on any atom is -0.497 e. The van der Waals surface area contributed by atoms with Crippen LogP contribution in [0.15, 0.2) is 41.0 Å². The van der Waals surface area contributed by atoms with E-state index in [1.54, 1.807) is 20.5 Å². The molecule has 0 aliphatic heterocycles. The van der Waals surface area contributed by atoms with Gasteiger partial charge < -0.3 is 19.2 Å². The molecule has 0 aliphatic rings. The lowest BCUT2D eigenvalue weighted by atomic mass is 10.00. The number of rotatable bonds is 7. The number of benzene rings is 1. The topological polar surface area (TPSA) is 43.6 Å². The summed E-state index contributed by atoms with van der Waals surface area (Å²) in [5, 5.41) is 3.33. The maximum Gasteiger partial charge on any atom is 0.127 e. The lowest BCUT2D eigenvalue weighted by Gasteiger charge is -2.19. The van der Waals surface area contributed by atoms with Crippen molar-refractivity contribution in [3.63, 3.8) is 0 Å². The van der Waals surface area contributed by atoms with Gasteiger partial charge in [-0.25, -0.2) is 0 Å². The Morgan fingerprint density at radius 2 is 2.05 bits per heavy atom. The molecule has 0 spiro atoms. The van der Waals surface area contributed by atoms with E-state index in [9.17, 15) is 0 Å². The lowest BCUT2D eigenvalue weighted by Crippen LogP contribution is -2.18. The van der Waals surface area contributed by atoms with Crippen molar-refractivity contribution < 1.29 is 13.9 Å². The Morgan fingerprint density at radius 1 is 1.20 bits per heavy atom. The van der Waals surface area contributed by atoms with Gasteiger partial charge in [0.2, 0.25) is 0 Å². The molecule has 1 aromatic carbocycles. The zero-order chi connectivity index (χ0) is 14.4. The Kier molecular flexibility index (Phi) is 5.07. The molecule has 2 rings (SSSR count). The first-order valence-electron chi connectivity index (χ1n) is 6.70. The van der Waals surface area contributed by atoms with Crippen molar-refractivity contribution in [1.82, 2.24) is 5.32 Å². The highest BCUT2D eigenvalue weighted by molar-refractivity contribution is 5.42. The second-order valence-corrected chi connectivity index (χ2v) is 4.57. The quantitative estimate of drug-likeness (QED) is 0.842. The lowest BCUT2D eigenvalue weighted by molar-refractivity contribution is 0.382. The summed E-state index contributed by atoms with van der Waals surface area (Å²) in [6.45, 7) is 0. The SMILES string of the molecule is CNC(CCc1ccco1)c1ccc(OC)cc1OC. The monoisotopic (exact) mass is 275 g/mol. The predicted molar refractivity (Wildman–Crippen MR) is 78.4 cm³/mol. The van der Waals surface area contributed by atoms with Crippen LogP contribution in [0, 0.1) is 0 Å². The molecule has 1 heterocycles. The molecule has 0 fully saturated rings. The van der Waals surface area contributed by atoms with Gasteiger partial charge in [-0.2, -0.15) is 0 Å². The fourth-order valence-electron chi connectivity index (χ4n) is 2.30. The van der Waals surface area contributed by atoms with E-state index in [4.69, 9.17) is 13.9 Å². The van der Waals surface area contributed by atoms with Gasteiger partial charge in [-0.3, -0.25) is 0 Å². The molecule has 4 nitrogen and oxygen atoms in total. The molecule has 2 aromatic rings. The zero-order valence-electron chi connectivity index (χ0n) is 12.2. The van der Waals surface area contributed by atoms with Crippen molar-refractivity contribution in [2.75, 3.05) is 21.3 Å². The van der Waals surface area contributed by atoms with E-state index in [0.29, 0.717) is 0 Å². The Morgan fingerprint density at radius 3 is 2.65 bits per heavy atom. The van der Waals surface area contributed by atoms with Crippen molar-refractivity contribution in [3.05, 3.63) is 47.9 Å². The Labute approximate surface area is 119 Å². The summed E-state index contributed by atoms with van der Waals surface area (Å²) in [6.07, 6.45) is 3.53. The summed E-state index contributed by atoms with van der Waals surface area (Å²) < 4.78 is 16.1. The van der Waals surface area contributed by atoms with Gasteiger partial charge in [-0.05, 0) is 31.7 Å². The first kappa shape index (κ1) is 14.5. The van der Waals surface area contributed by atoms with Gasteiger partial charge in [0.05, 0.1) is 20.5 Å². The number of aryl methyl sites for hydroxylation is 1.